The van der Waals surface area contributed by atoms with Crippen LogP contribution in [0, 0.1) is 17.2 Å². The molecule has 90 valence electrons. The van der Waals surface area contributed by atoms with Crippen LogP contribution in [-0.4, -0.2) is 16.2 Å². The van der Waals surface area contributed by atoms with E-state index in [4.69, 9.17) is 4.42 Å². The number of thioether (sulfide) groups is 1. The number of rotatable bonds is 2. The number of nitrogens with zero attached hydrogens (tertiary/aromatic N) is 2. The number of hydrogen-bond acceptors (Lipinski definition) is 6. The predicted octanol–water partition coefficient (Wildman–Crippen LogP) is 2.08. The Morgan fingerprint density at radius 2 is 2.17 bits per heavy atom. The molecule has 1 heterocycles. The lowest BCUT2D eigenvalue weighted by Crippen LogP contribution is -2.00. The first-order valence-corrected chi connectivity index (χ1v) is 5.47. The summed E-state index contributed by atoms with van der Waals surface area (Å²) in [5, 5.41) is 9.71. The molecule has 0 spiro atoms. The van der Waals surface area contributed by atoms with Gasteiger partial charge in [0.05, 0.1) is 5.56 Å². The van der Waals surface area contributed by atoms with Crippen LogP contribution in [0.25, 0.3) is 0 Å². The second-order valence-corrected chi connectivity index (χ2v) is 3.66. The zero-order chi connectivity index (χ0) is 12.8. The summed E-state index contributed by atoms with van der Waals surface area (Å²) in [6, 6.07) is 4.95. The van der Waals surface area contributed by atoms with Gasteiger partial charge in [0.25, 0.3) is 5.22 Å². The third-order valence-electron chi connectivity index (χ3n) is 1.74. The van der Waals surface area contributed by atoms with Crippen LogP contribution in [0.5, 0.6) is 0 Å². The summed E-state index contributed by atoms with van der Waals surface area (Å²) < 4.78 is 22.0. The lowest BCUT2D eigenvalue weighted by molar-refractivity contribution is 0.0691. The van der Waals surface area contributed by atoms with Gasteiger partial charge in [0, 0.05) is 17.0 Å². The molecule has 0 bridgehead atoms. The SMILES string of the molecule is O=C(OC#CSc1nnco1)c1ccc(F)cc1. The highest BCUT2D eigenvalue weighted by atomic mass is 32.2. The Kier molecular flexibility index (Phi) is 3.94. The Morgan fingerprint density at radius 3 is 2.83 bits per heavy atom. The van der Waals surface area contributed by atoms with E-state index in [1.807, 2.05) is 0 Å². The van der Waals surface area contributed by atoms with Gasteiger partial charge >= 0.3 is 5.97 Å². The lowest BCUT2D eigenvalue weighted by Gasteiger charge is -1.95. The molecule has 0 atom stereocenters. The fraction of sp³-hybridized carbons (Fsp3) is 0. The van der Waals surface area contributed by atoms with Gasteiger partial charge in [-0.05, 0) is 24.3 Å². The van der Waals surface area contributed by atoms with Crippen LogP contribution in [0.4, 0.5) is 4.39 Å². The number of halogens is 1. The Bertz CT molecular complexity index is 587. The molecule has 0 fully saturated rings. The van der Waals surface area contributed by atoms with Crippen LogP contribution >= 0.6 is 11.8 Å². The average molecular weight is 264 g/mol. The summed E-state index contributed by atoms with van der Waals surface area (Å²) >= 11 is 0.928. The first kappa shape index (κ1) is 12.1. The maximum absolute atomic E-state index is 12.6. The molecule has 0 unspecified atom stereocenters. The third kappa shape index (κ3) is 3.33. The van der Waals surface area contributed by atoms with E-state index in [1.54, 1.807) is 0 Å². The fourth-order valence-corrected chi connectivity index (χ4v) is 1.33. The number of hydrogen-bond donors (Lipinski definition) is 0. The summed E-state index contributed by atoms with van der Waals surface area (Å²) in [6.45, 7) is 0. The molecule has 1 aromatic carbocycles. The molecule has 0 N–H and O–H groups in total. The van der Waals surface area contributed by atoms with Crippen molar-refractivity contribution in [2.45, 2.75) is 5.22 Å². The van der Waals surface area contributed by atoms with Gasteiger partial charge < -0.3 is 9.15 Å². The predicted molar refractivity (Wildman–Crippen MR) is 59.7 cm³/mol. The zero-order valence-electron chi connectivity index (χ0n) is 8.79. The molecule has 0 saturated carbocycles. The molecule has 0 aliphatic rings. The van der Waals surface area contributed by atoms with Crippen LogP contribution in [0.3, 0.4) is 0 Å². The molecule has 2 aromatic rings. The summed E-state index contributed by atoms with van der Waals surface area (Å²) in [7, 11) is 0. The van der Waals surface area contributed by atoms with Gasteiger partial charge in [-0.15, -0.1) is 10.2 Å². The maximum Gasteiger partial charge on any atom is 0.352 e. The van der Waals surface area contributed by atoms with Crippen molar-refractivity contribution in [2.24, 2.45) is 0 Å². The summed E-state index contributed by atoms with van der Waals surface area (Å²) in [6.07, 6.45) is 3.34. The minimum absolute atomic E-state index is 0.216. The average Bonchev–Trinajstić information content (AvgIpc) is 2.88. The van der Waals surface area contributed by atoms with Gasteiger partial charge in [0.2, 0.25) is 6.39 Å². The number of carbonyl (C=O) groups is 1. The number of ether oxygens (including phenoxy) is 1. The van der Waals surface area contributed by atoms with Crippen molar-refractivity contribution in [3.05, 3.63) is 42.0 Å². The highest BCUT2D eigenvalue weighted by Gasteiger charge is 2.05. The van der Waals surface area contributed by atoms with Gasteiger partial charge in [0.1, 0.15) is 11.9 Å². The molecule has 0 aliphatic heterocycles. The van der Waals surface area contributed by atoms with Gasteiger partial charge in [-0.2, -0.15) is 0 Å². The molecule has 0 amide bonds. The minimum Gasteiger partial charge on any atom is -0.418 e. The van der Waals surface area contributed by atoms with E-state index in [-0.39, 0.29) is 10.8 Å². The maximum atomic E-state index is 12.6. The normalized spacial score (nSPS) is 9.39. The Morgan fingerprint density at radius 1 is 1.39 bits per heavy atom. The minimum atomic E-state index is -0.659. The Balaban J connectivity index is 1.88. The topological polar surface area (TPSA) is 65.2 Å². The molecule has 0 aliphatic carbocycles. The quantitative estimate of drug-likeness (QED) is 0.470. The largest absolute Gasteiger partial charge is 0.418 e. The van der Waals surface area contributed by atoms with Crippen molar-refractivity contribution in [3.63, 3.8) is 0 Å². The molecule has 2 rings (SSSR count). The molecule has 1 aromatic heterocycles. The number of esters is 1. The first-order valence-electron chi connectivity index (χ1n) is 4.65. The van der Waals surface area contributed by atoms with E-state index in [9.17, 15) is 9.18 Å². The van der Waals surface area contributed by atoms with Crippen LogP contribution in [-0.2, 0) is 4.74 Å². The monoisotopic (exact) mass is 264 g/mol. The molecule has 5 nitrogen and oxygen atoms in total. The number of aromatic nitrogens is 2. The van der Waals surface area contributed by atoms with E-state index >= 15 is 0 Å². The van der Waals surface area contributed by atoms with E-state index in [1.165, 1.54) is 12.1 Å². The Hall–Kier alpha value is -2.33. The number of carbonyl (C=O) groups excluding carboxylic acids is 1. The number of benzene rings is 1. The summed E-state index contributed by atoms with van der Waals surface area (Å²) in [5.41, 5.74) is 0.216. The van der Waals surface area contributed by atoms with Crippen LogP contribution in [0.2, 0.25) is 0 Å². The van der Waals surface area contributed by atoms with Gasteiger partial charge in [0.15, 0.2) is 0 Å². The van der Waals surface area contributed by atoms with E-state index in [2.05, 4.69) is 26.3 Å². The van der Waals surface area contributed by atoms with E-state index in [0.717, 1.165) is 30.3 Å². The highest BCUT2D eigenvalue weighted by molar-refractivity contribution is 8.03. The Labute approximate surface area is 105 Å². The fourth-order valence-electron chi connectivity index (χ4n) is 0.984. The first-order chi connectivity index (χ1) is 8.75. The molecule has 0 saturated heterocycles. The molecule has 7 heteroatoms. The third-order valence-corrected chi connectivity index (χ3v) is 2.28. The standard InChI is InChI=1S/C11H5FN2O3S/c12-9-3-1-8(2-4-9)10(15)16-5-6-18-11-14-13-7-17-11/h1-4,7H. The van der Waals surface area contributed by atoms with Crippen molar-refractivity contribution >= 4 is 17.7 Å². The van der Waals surface area contributed by atoms with Gasteiger partial charge in [-0.3, -0.25) is 0 Å². The highest BCUT2D eigenvalue weighted by Crippen LogP contribution is 2.11. The van der Waals surface area contributed by atoms with Gasteiger partial charge in [-0.1, -0.05) is 0 Å². The molecular formula is C11H5FN2O3S. The summed E-state index contributed by atoms with van der Waals surface area (Å²) in [4.78, 5) is 11.4. The molecule has 18 heavy (non-hydrogen) atoms. The van der Waals surface area contributed by atoms with E-state index < -0.39 is 11.8 Å². The van der Waals surface area contributed by atoms with E-state index in [0.29, 0.717) is 0 Å². The van der Waals surface area contributed by atoms with Crippen molar-refractivity contribution in [1.82, 2.24) is 10.2 Å². The molecular weight excluding hydrogens is 259 g/mol. The van der Waals surface area contributed by atoms with Crippen LogP contribution < -0.4 is 0 Å². The van der Waals surface area contributed by atoms with Gasteiger partial charge in [-0.25, -0.2) is 9.18 Å². The van der Waals surface area contributed by atoms with Crippen molar-refractivity contribution in [1.29, 1.82) is 0 Å². The van der Waals surface area contributed by atoms with Crippen molar-refractivity contribution < 1.29 is 18.3 Å². The van der Waals surface area contributed by atoms with Crippen LogP contribution in [0.1, 0.15) is 10.4 Å². The van der Waals surface area contributed by atoms with Crippen LogP contribution in [0.15, 0.2) is 40.3 Å². The smallest absolute Gasteiger partial charge is 0.352 e. The zero-order valence-corrected chi connectivity index (χ0v) is 9.61. The second-order valence-electron chi connectivity index (χ2n) is 2.91. The lowest BCUT2D eigenvalue weighted by atomic mass is 10.2. The molecule has 0 radical (unpaired) electrons. The van der Waals surface area contributed by atoms with Crippen molar-refractivity contribution in [3.8, 4) is 11.4 Å². The second kappa shape index (κ2) is 5.84. The van der Waals surface area contributed by atoms with Crippen molar-refractivity contribution in [2.75, 3.05) is 0 Å². The summed E-state index contributed by atoms with van der Waals surface area (Å²) in [5.74, 6) is -1.08.